The number of carbonyl (C=O) groups is 1. The summed E-state index contributed by atoms with van der Waals surface area (Å²) in [7, 11) is 1.44. The van der Waals surface area contributed by atoms with Gasteiger partial charge in [0.2, 0.25) is 5.88 Å². The Balaban J connectivity index is 0.00000159. The van der Waals surface area contributed by atoms with E-state index in [1.54, 1.807) is 24.3 Å². The van der Waals surface area contributed by atoms with Crippen molar-refractivity contribution in [2.45, 2.75) is 40.0 Å². The molecular weight excluding hydrogens is 509 g/mol. The molecule has 0 saturated carbocycles. The Hall–Kier alpha value is -3.46. The average molecular weight is 541 g/mol. The number of alkyl halides is 2. The number of aromatic nitrogens is 1. The Kier molecular flexibility index (Phi) is 12.8. The maximum atomic E-state index is 14.6. The minimum atomic E-state index is -3.04. The smallest absolute Gasteiger partial charge is 0.266 e. The van der Waals surface area contributed by atoms with Gasteiger partial charge in [0.15, 0.2) is 23.1 Å². The summed E-state index contributed by atoms with van der Waals surface area (Å²) in [6.45, 7) is 13.7. The molecule has 0 atom stereocenters. The molecule has 2 aromatic rings. The fraction of sp³-hybridized carbons (Fsp3) is 0.333. The molecule has 0 amide bonds. The first-order valence-electron chi connectivity index (χ1n) is 11.3. The number of pyridine rings is 1. The normalized spacial score (nSPS) is 11.1. The number of aldehydes is 1. The summed E-state index contributed by atoms with van der Waals surface area (Å²) in [5.74, 6) is -3.04. The first kappa shape index (κ1) is 31.6. The molecule has 10 heteroatoms. The van der Waals surface area contributed by atoms with Gasteiger partial charge in [0.1, 0.15) is 23.7 Å². The zero-order valence-electron chi connectivity index (χ0n) is 21.6. The molecule has 0 N–H and O–H groups in total. The number of nitrogens with zero attached hydrogens (tertiary/aromatic N) is 2. The lowest BCUT2D eigenvalue weighted by atomic mass is 10.1. The van der Waals surface area contributed by atoms with Crippen LogP contribution in [0.25, 0.3) is 0 Å². The summed E-state index contributed by atoms with van der Waals surface area (Å²) in [4.78, 5) is 14.5. The number of ether oxygens (including phenoxy) is 3. The van der Waals surface area contributed by atoms with Gasteiger partial charge in [-0.1, -0.05) is 43.8 Å². The van der Waals surface area contributed by atoms with Crippen LogP contribution in [0.3, 0.4) is 0 Å². The Bertz CT molecular complexity index is 1120. The fourth-order valence-electron chi connectivity index (χ4n) is 2.52. The SMILES string of the molecule is C=C(COc1ccccc1Oc1nc(N(C)C(=C)/C=C(\C)C(C)(F)F)c(F)cc1Cl)OCC.CCC=O. The third-order valence-corrected chi connectivity index (χ3v) is 4.93. The van der Waals surface area contributed by atoms with Gasteiger partial charge in [-0.05, 0) is 37.6 Å². The van der Waals surface area contributed by atoms with E-state index >= 15 is 0 Å². The van der Waals surface area contributed by atoms with Crippen molar-refractivity contribution in [3.05, 3.63) is 77.4 Å². The molecule has 0 radical (unpaired) electrons. The standard InChI is InChI=1S/C24H26ClF3N2O3.C3H6O/c1-7-31-17(4)14-32-20-10-8-9-11-21(20)33-23-18(25)13-19(26)22(29-23)30(6)16(3)12-15(2)24(5,27)28;1-2-3-4/h8-13H,3-4,7,14H2,1-2,5-6H3;3H,2H2,1H3/b15-12+;. The van der Waals surface area contributed by atoms with Crippen molar-refractivity contribution in [3.8, 4) is 17.4 Å². The maximum Gasteiger partial charge on any atom is 0.266 e. The van der Waals surface area contributed by atoms with E-state index in [1.807, 2.05) is 13.8 Å². The van der Waals surface area contributed by atoms with Crippen molar-refractivity contribution in [2.24, 2.45) is 0 Å². The van der Waals surface area contributed by atoms with Crippen molar-refractivity contribution in [1.29, 1.82) is 0 Å². The summed E-state index contributed by atoms with van der Waals surface area (Å²) in [6, 6.07) is 7.77. The van der Waals surface area contributed by atoms with Crippen LogP contribution in [0.1, 0.15) is 34.1 Å². The Morgan fingerprint density at radius 2 is 1.81 bits per heavy atom. The molecule has 0 saturated heterocycles. The van der Waals surface area contributed by atoms with Gasteiger partial charge >= 0.3 is 0 Å². The average Bonchev–Trinajstić information content (AvgIpc) is 2.84. The van der Waals surface area contributed by atoms with E-state index in [0.29, 0.717) is 24.5 Å². The zero-order valence-corrected chi connectivity index (χ0v) is 22.4. The number of allylic oxidation sites excluding steroid dienone is 2. The van der Waals surface area contributed by atoms with Crippen LogP contribution in [-0.4, -0.2) is 37.5 Å². The van der Waals surface area contributed by atoms with Crippen LogP contribution in [0, 0.1) is 5.82 Å². The van der Waals surface area contributed by atoms with Crippen LogP contribution < -0.4 is 14.4 Å². The summed E-state index contributed by atoms with van der Waals surface area (Å²) < 4.78 is 58.3. The van der Waals surface area contributed by atoms with Crippen LogP contribution in [-0.2, 0) is 9.53 Å². The lowest BCUT2D eigenvalue weighted by molar-refractivity contribution is -0.107. The molecular formula is C27H32ClF3N2O4. The minimum Gasteiger partial charge on any atom is -0.495 e. The number of carbonyl (C=O) groups excluding carboxylic acids is 1. The molecule has 0 aliphatic heterocycles. The first-order chi connectivity index (χ1) is 17.3. The van der Waals surface area contributed by atoms with Gasteiger partial charge in [-0.2, -0.15) is 4.98 Å². The number of para-hydroxylation sites is 2. The number of hydrogen-bond acceptors (Lipinski definition) is 6. The van der Waals surface area contributed by atoms with E-state index in [1.165, 1.54) is 18.9 Å². The highest BCUT2D eigenvalue weighted by Gasteiger charge is 2.25. The molecule has 0 spiro atoms. The van der Waals surface area contributed by atoms with Crippen LogP contribution in [0.5, 0.6) is 17.4 Å². The highest BCUT2D eigenvalue weighted by atomic mass is 35.5. The van der Waals surface area contributed by atoms with Gasteiger partial charge in [0.25, 0.3) is 5.92 Å². The van der Waals surface area contributed by atoms with Crippen molar-refractivity contribution in [2.75, 3.05) is 25.2 Å². The molecule has 2 rings (SSSR count). The molecule has 0 aliphatic rings. The lowest BCUT2D eigenvalue weighted by Gasteiger charge is -2.22. The highest BCUT2D eigenvalue weighted by molar-refractivity contribution is 6.31. The quantitative estimate of drug-likeness (QED) is 0.156. The van der Waals surface area contributed by atoms with Crippen LogP contribution in [0.2, 0.25) is 5.02 Å². The predicted molar refractivity (Wildman–Crippen MR) is 140 cm³/mol. The summed E-state index contributed by atoms with van der Waals surface area (Å²) in [5, 5.41) is -0.0874. The number of hydrogen-bond donors (Lipinski definition) is 0. The summed E-state index contributed by atoms with van der Waals surface area (Å²) >= 11 is 6.15. The number of halogens is 4. The van der Waals surface area contributed by atoms with Crippen molar-refractivity contribution >= 4 is 23.7 Å². The Morgan fingerprint density at radius 3 is 2.35 bits per heavy atom. The molecule has 0 fully saturated rings. The highest BCUT2D eigenvalue weighted by Crippen LogP contribution is 2.36. The van der Waals surface area contributed by atoms with Crippen LogP contribution in [0.15, 0.2) is 66.6 Å². The Labute approximate surface area is 221 Å². The third-order valence-electron chi connectivity index (χ3n) is 4.66. The fourth-order valence-corrected chi connectivity index (χ4v) is 2.70. The second-order valence-corrected chi connectivity index (χ2v) is 8.14. The molecule has 1 aromatic carbocycles. The summed E-state index contributed by atoms with van der Waals surface area (Å²) in [5.41, 5.74) is -0.128. The van der Waals surface area contributed by atoms with E-state index in [0.717, 1.165) is 25.4 Å². The van der Waals surface area contributed by atoms with E-state index in [9.17, 15) is 18.0 Å². The van der Waals surface area contributed by atoms with Gasteiger partial charge < -0.3 is 23.9 Å². The lowest BCUT2D eigenvalue weighted by Crippen LogP contribution is -2.19. The summed E-state index contributed by atoms with van der Waals surface area (Å²) in [6.07, 6.45) is 2.67. The molecule has 0 bridgehead atoms. The van der Waals surface area contributed by atoms with E-state index < -0.39 is 11.7 Å². The second-order valence-electron chi connectivity index (χ2n) is 7.73. The van der Waals surface area contributed by atoms with Gasteiger partial charge in [-0.3, -0.25) is 0 Å². The van der Waals surface area contributed by atoms with Gasteiger partial charge in [0, 0.05) is 32.2 Å². The van der Waals surface area contributed by atoms with Gasteiger partial charge in [0.05, 0.1) is 6.61 Å². The third kappa shape index (κ3) is 10.2. The maximum absolute atomic E-state index is 14.6. The first-order valence-corrected chi connectivity index (χ1v) is 11.7. The topological polar surface area (TPSA) is 60.9 Å². The van der Waals surface area contributed by atoms with Crippen molar-refractivity contribution in [1.82, 2.24) is 4.98 Å². The second kappa shape index (κ2) is 14.9. The number of rotatable bonds is 12. The molecule has 1 heterocycles. The largest absolute Gasteiger partial charge is 0.495 e. The number of benzene rings is 1. The van der Waals surface area contributed by atoms with E-state index in [2.05, 4.69) is 18.1 Å². The number of anilines is 1. The molecule has 202 valence electrons. The van der Waals surface area contributed by atoms with Crippen molar-refractivity contribution < 1.29 is 32.2 Å². The van der Waals surface area contributed by atoms with Gasteiger partial charge in [-0.15, -0.1) is 0 Å². The molecule has 1 aromatic heterocycles. The predicted octanol–water partition coefficient (Wildman–Crippen LogP) is 7.74. The minimum absolute atomic E-state index is 0.0874. The van der Waals surface area contributed by atoms with Crippen LogP contribution >= 0.6 is 11.6 Å². The Morgan fingerprint density at radius 1 is 1.22 bits per heavy atom. The van der Waals surface area contributed by atoms with E-state index in [-0.39, 0.29) is 40.3 Å². The molecule has 0 unspecified atom stereocenters. The molecule has 6 nitrogen and oxygen atoms in total. The zero-order chi connectivity index (χ0) is 28.2. The van der Waals surface area contributed by atoms with E-state index in [4.69, 9.17) is 25.8 Å². The molecule has 37 heavy (non-hydrogen) atoms. The molecule has 0 aliphatic carbocycles. The van der Waals surface area contributed by atoms with Gasteiger partial charge in [-0.25, -0.2) is 13.2 Å². The monoisotopic (exact) mass is 540 g/mol. The van der Waals surface area contributed by atoms with Crippen LogP contribution in [0.4, 0.5) is 19.0 Å². The van der Waals surface area contributed by atoms with Crippen molar-refractivity contribution in [3.63, 3.8) is 0 Å². The number of likely N-dealkylation sites (N-methyl/N-ethyl adjacent to an activating group) is 1.